The van der Waals surface area contributed by atoms with E-state index in [4.69, 9.17) is 10.5 Å². The van der Waals surface area contributed by atoms with Crippen LogP contribution in [0.4, 0.5) is 0 Å². The smallest absolute Gasteiger partial charge is 0.217 e. The van der Waals surface area contributed by atoms with Crippen molar-refractivity contribution in [2.75, 3.05) is 13.2 Å². The van der Waals surface area contributed by atoms with Gasteiger partial charge in [-0.1, -0.05) is 19.1 Å². The van der Waals surface area contributed by atoms with Crippen LogP contribution in [0.15, 0.2) is 24.3 Å². The molecule has 1 rings (SSSR count). The van der Waals surface area contributed by atoms with Crippen molar-refractivity contribution in [1.29, 1.82) is 0 Å². The molecule has 4 nitrogen and oxygen atoms in total. The van der Waals surface area contributed by atoms with Crippen LogP contribution in [0.2, 0.25) is 0 Å². The zero-order valence-electron chi connectivity index (χ0n) is 11.7. The summed E-state index contributed by atoms with van der Waals surface area (Å²) in [5, 5.41) is 3.35. The summed E-state index contributed by atoms with van der Waals surface area (Å²) in [5.41, 5.74) is 6.29. The summed E-state index contributed by atoms with van der Waals surface area (Å²) in [6.45, 7) is 4.56. The van der Waals surface area contributed by atoms with Gasteiger partial charge in [-0.05, 0) is 43.5 Å². The first-order chi connectivity index (χ1) is 9.22. The Bertz CT molecular complexity index is 380. The van der Waals surface area contributed by atoms with Gasteiger partial charge in [-0.2, -0.15) is 0 Å². The van der Waals surface area contributed by atoms with Gasteiger partial charge in [0, 0.05) is 13.0 Å². The van der Waals surface area contributed by atoms with Gasteiger partial charge >= 0.3 is 0 Å². The maximum atomic E-state index is 10.6. The number of primary amides is 1. The van der Waals surface area contributed by atoms with Gasteiger partial charge in [0.1, 0.15) is 5.75 Å². The number of amides is 1. The van der Waals surface area contributed by atoms with E-state index in [9.17, 15) is 4.79 Å². The Hall–Kier alpha value is -1.55. The number of rotatable bonds is 10. The molecule has 0 saturated carbocycles. The second-order valence-electron chi connectivity index (χ2n) is 4.60. The average Bonchev–Trinajstić information content (AvgIpc) is 2.40. The third kappa shape index (κ3) is 7.47. The fourth-order valence-corrected chi connectivity index (χ4v) is 1.75. The summed E-state index contributed by atoms with van der Waals surface area (Å²) < 4.78 is 5.59. The van der Waals surface area contributed by atoms with Gasteiger partial charge in [-0.25, -0.2) is 0 Å². The lowest BCUT2D eigenvalue weighted by molar-refractivity contribution is -0.118. The number of unbranched alkanes of at least 4 members (excludes halogenated alkanes) is 1. The summed E-state index contributed by atoms with van der Waals surface area (Å²) >= 11 is 0. The molecule has 0 aliphatic carbocycles. The SMILES string of the molecule is CCCOc1cccc(CNCCCCC(N)=O)c1. The molecule has 0 fully saturated rings. The largest absolute Gasteiger partial charge is 0.494 e. The summed E-state index contributed by atoms with van der Waals surface area (Å²) in [4.78, 5) is 10.6. The van der Waals surface area contributed by atoms with E-state index in [2.05, 4.69) is 24.4 Å². The van der Waals surface area contributed by atoms with Gasteiger partial charge in [-0.3, -0.25) is 4.79 Å². The molecule has 1 aromatic rings. The van der Waals surface area contributed by atoms with Crippen LogP contribution in [0.1, 0.15) is 38.2 Å². The zero-order chi connectivity index (χ0) is 13.9. The van der Waals surface area contributed by atoms with Crippen molar-refractivity contribution in [2.45, 2.75) is 39.2 Å². The first kappa shape index (κ1) is 15.5. The van der Waals surface area contributed by atoms with E-state index >= 15 is 0 Å². The molecule has 4 heteroatoms. The summed E-state index contributed by atoms with van der Waals surface area (Å²) in [5.74, 6) is 0.704. The third-order valence-electron chi connectivity index (χ3n) is 2.73. The lowest BCUT2D eigenvalue weighted by atomic mass is 10.2. The van der Waals surface area contributed by atoms with Crippen LogP contribution >= 0.6 is 0 Å². The molecule has 0 aromatic heterocycles. The van der Waals surface area contributed by atoms with Crippen molar-refractivity contribution in [3.63, 3.8) is 0 Å². The summed E-state index contributed by atoms with van der Waals surface area (Å²) in [6, 6.07) is 8.13. The third-order valence-corrected chi connectivity index (χ3v) is 2.73. The molecule has 106 valence electrons. The minimum absolute atomic E-state index is 0.222. The van der Waals surface area contributed by atoms with Crippen molar-refractivity contribution in [3.05, 3.63) is 29.8 Å². The highest BCUT2D eigenvalue weighted by Gasteiger charge is 1.97. The van der Waals surface area contributed by atoms with E-state index in [1.54, 1.807) is 0 Å². The van der Waals surface area contributed by atoms with Crippen LogP contribution in [0.3, 0.4) is 0 Å². The van der Waals surface area contributed by atoms with Crippen LogP contribution in [0.5, 0.6) is 5.75 Å². The first-order valence-electron chi connectivity index (χ1n) is 6.93. The Labute approximate surface area is 115 Å². The molecule has 0 atom stereocenters. The van der Waals surface area contributed by atoms with Crippen molar-refractivity contribution in [3.8, 4) is 5.75 Å². The Kier molecular flexibility index (Phi) is 7.66. The number of carbonyl (C=O) groups is 1. The first-order valence-corrected chi connectivity index (χ1v) is 6.93. The molecule has 19 heavy (non-hydrogen) atoms. The molecule has 3 N–H and O–H groups in total. The van der Waals surface area contributed by atoms with Gasteiger partial charge < -0.3 is 15.8 Å². The number of benzene rings is 1. The van der Waals surface area contributed by atoms with Crippen LogP contribution in [-0.2, 0) is 11.3 Å². The van der Waals surface area contributed by atoms with E-state index in [1.807, 2.05) is 12.1 Å². The highest BCUT2D eigenvalue weighted by Crippen LogP contribution is 2.13. The van der Waals surface area contributed by atoms with Crippen LogP contribution in [-0.4, -0.2) is 19.1 Å². The molecule has 0 saturated heterocycles. The van der Waals surface area contributed by atoms with Crippen molar-refractivity contribution in [1.82, 2.24) is 5.32 Å². The van der Waals surface area contributed by atoms with E-state index in [0.29, 0.717) is 6.42 Å². The summed E-state index contributed by atoms with van der Waals surface area (Å²) in [7, 11) is 0. The zero-order valence-corrected chi connectivity index (χ0v) is 11.7. The molecular formula is C15H24N2O2. The van der Waals surface area contributed by atoms with Crippen molar-refractivity contribution >= 4 is 5.91 Å². The molecule has 0 aliphatic heterocycles. The molecule has 0 unspecified atom stereocenters. The Balaban J connectivity index is 2.19. The Morgan fingerprint density at radius 1 is 1.37 bits per heavy atom. The van der Waals surface area contributed by atoms with Crippen LogP contribution in [0.25, 0.3) is 0 Å². The van der Waals surface area contributed by atoms with E-state index < -0.39 is 0 Å². The molecule has 0 heterocycles. The van der Waals surface area contributed by atoms with E-state index in [-0.39, 0.29) is 5.91 Å². The van der Waals surface area contributed by atoms with Gasteiger partial charge in [0.05, 0.1) is 6.61 Å². The fourth-order valence-electron chi connectivity index (χ4n) is 1.75. The molecular weight excluding hydrogens is 240 g/mol. The van der Waals surface area contributed by atoms with Crippen molar-refractivity contribution in [2.24, 2.45) is 5.73 Å². The quantitative estimate of drug-likeness (QED) is 0.637. The topological polar surface area (TPSA) is 64.3 Å². The standard InChI is InChI=1S/C15H24N2O2/c1-2-10-19-14-7-5-6-13(11-14)12-17-9-4-3-8-15(16)18/h5-7,11,17H,2-4,8-10,12H2,1H3,(H2,16,18). The molecule has 0 radical (unpaired) electrons. The molecule has 0 spiro atoms. The van der Waals surface area contributed by atoms with E-state index in [0.717, 1.165) is 44.7 Å². The summed E-state index contributed by atoms with van der Waals surface area (Å²) in [6.07, 6.45) is 3.31. The molecule has 0 aliphatic rings. The number of hydrogen-bond acceptors (Lipinski definition) is 3. The lowest BCUT2D eigenvalue weighted by Gasteiger charge is -2.08. The molecule has 0 bridgehead atoms. The molecule has 1 amide bonds. The minimum atomic E-state index is -0.222. The number of nitrogens with two attached hydrogens (primary N) is 1. The second-order valence-corrected chi connectivity index (χ2v) is 4.60. The lowest BCUT2D eigenvalue weighted by Crippen LogP contribution is -2.16. The number of nitrogens with one attached hydrogen (secondary N) is 1. The minimum Gasteiger partial charge on any atom is -0.494 e. The maximum Gasteiger partial charge on any atom is 0.217 e. The Morgan fingerprint density at radius 3 is 2.95 bits per heavy atom. The highest BCUT2D eigenvalue weighted by atomic mass is 16.5. The van der Waals surface area contributed by atoms with Crippen LogP contribution < -0.4 is 15.8 Å². The van der Waals surface area contributed by atoms with E-state index in [1.165, 1.54) is 5.56 Å². The van der Waals surface area contributed by atoms with Gasteiger partial charge in [0.2, 0.25) is 5.91 Å². The van der Waals surface area contributed by atoms with Gasteiger partial charge in [-0.15, -0.1) is 0 Å². The average molecular weight is 264 g/mol. The monoisotopic (exact) mass is 264 g/mol. The number of hydrogen-bond donors (Lipinski definition) is 2. The second kappa shape index (κ2) is 9.39. The van der Waals surface area contributed by atoms with Gasteiger partial charge in [0.15, 0.2) is 0 Å². The van der Waals surface area contributed by atoms with Gasteiger partial charge in [0.25, 0.3) is 0 Å². The highest BCUT2D eigenvalue weighted by molar-refractivity contribution is 5.73. The molecule has 1 aromatic carbocycles. The number of carbonyl (C=O) groups excluding carboxylic acids is 1. The maximum absolute atomic E-state index is 10.6. The predicted octanol–water partition coefficient (Wildman–Crippen LogP) is 2.22. The fraction of sp³-hybridized carbons (Fsp3) is 0.533. The number of ether oxygens (including phenoxy) is 1. The van der Waals surface area contributed by atoms with Crippen LogP contribution in [0, 0.1) is 0 Å². The predicted molar refractivity (Wildman–Crippen MR) is 77.0 cm³/mol. The Morgan fingerprint density at radius 2 is 2.21 bits per heavy atom. The van der Waals surface area contributed by atoms with Crippen molar-refractivity contribution < 1.29 is 9.53 Å². The normalized spacial score (nSPS) is 10.4.